The van der Waals surface area contributed by atoms with Crippen molar-refractivity contribution < 1.29 is 4.79 Å². The van der Waals surface area contributed by atoms with Gasteiger partial charge in [-0.2, -0.15) is 0 Å². The van der Waals surface area contributed by atoms with Crippen molar-refractivity contribution in [3.8, 4) is 0 Å². The summed E-state index contributed by atoms with van der Waals surface area (Å²) < 4.78 is 0. The first-order valence-electron chi connectivity index (χ1n) is 8.91. The molecule has 3 heteroatoms. The lowest BCUT2D eigenvalue weighted by atomic mass is 9.69. The Balaban J connectivity index is 2.05. The minimum Gasteiger partial charge on any atom is -0.353 e. The molecule has 0 aromatic heterocycles. The van der Waals surface area contributed by atoms with Crippen LogP contribution in [-0.4, -0.2) is 25.0 Å². The van der Waals surface area contributed by atoms with Crippen LogP contribution in [-0.2, 0) is 4.79 Å². The lowest BCUT2D eigenvalue weighted by molar-refractivity contribution is -0.134. The molecule has 2 aliphatic rings. The zero-order valence-corrected chi connectivity index (χ0v) is 14.4. The molecule has 3 nitrogen and oxygen atoms in total. The lowest BCUT2D eigenvalue weighted by Crippen LogP contribution is -2.53. The number of carbonyl (C=O) groups is 1. The highest BCUT2D eigenvalue weighted by molar-refractivity contribution is 5.83. The molecule has 2 rings (SSSR count). The van der Waals surface area contributed by atoms with Crippen LogP contribution in [0, 0.1) is 16.7 Å². The van der Waals surface area contributed by atoms with E-state index in [0.717, 1.165) is 38.8 Å². The lowest BCUT2D eigenvalue weighted by Gasteiger charge is -2.43. The number of amides is 1. The van der Waals surface area contributed by atoms with Crippen molar-refractivity contribution in [3.05, 3.63) is 0 Å². The smallest absolute Gasteiger partial charge is 0.226 e. The minimum atomic E-state index is -0.120. The summed E-state index contributed by atoms with van der Waals surface area (Å²) in [5.74, 6) is 0.943. The quantitative estimate of drug-likeness (QED) is 0.836. The largest absolute Gasteiger partial charge is 0.353 e. The van der Waals surface area contributed by atoms with Crippen LogP contribution in [0.4, 0.5) is 0 Å². The summed E-state index contributed by atoms with van der Waals surface area (Å²) in [6, 6.07) is 0.379. The van der Waals surface area contributed by atoms with Gasteiger partial charge in [-0.1, -0.05) is 40.5 Å². The van der Waals surface area contributed by atoms with Gasteiger partial charge < -0.3 is 10.6 Å². The van der Waals surface area contributed by atoms with Crippen LogP contribution >= 0.6 is 0 Å². The summed E-state index contributed by atoms with van der Waals surface area (Å²) in [4.78, 5) is 13.0. The first-order chi connectivity index (χ1) is 9.89. The van der Waals surface area contributed by atoms with Gasteiger partial charge in [0.2, 0.25) is 5.91 Å². The van der Waals surface area contributed by atoms with Crippen molar-refractivity contribution in [2.75, 3.05) is 13.1 Å². The van der Waals surface area contributed by atoms with Crippen LogP contribution in [0.5, 0.6) is 0 Å². The van der Waals surface area contributed by atoms with Gasteiger partial charge in [0.25, 0.3) is 0 Å². The van der Waals surface area contributed by atoms with Gasteiger partial charge in [0.1, 0.15) is 0 Å². The molecule has 2 unspecified atom stereocenters. The van der Waals surface area contributed by atoms with Gasteiger partial charge in [0, 0.05) is 6.04 Å². The van der Waals surface area contributed by atoms with E-state index >= 15 is 0 Å². The maximum Gasteiger partial charge on any atom is 0.226 e. The highest BCUT2D eigenvalue weighted by atomic mass is 16.2. The molecule has 1 aliphatic heterocycles. The molecule has 2 N–H and O–H groups in total. The summed E-state index contributed by atoms with van der Waals surface area (Å²) in [7, 11) is 0. The molecule has 1 aliphatic carbocycles. The van der Waals surface area contributed by atoms with Crippen LogP contribution in [0.15, 0.2) is 0 Å². The topological polar surface area (TPSA) is 41.1 Å². The van der Waals surface area contributed by atoms with E-state index in [9.17, 15) is 4.79 Å². The predicted octanol–water partition coefficient (Wildman–Crippen LogP) is 3.49. The summed E-state index contributed by atoms with van der Waals surface area (Å²) in [6.07, 6.45) is 7.94. The number of hydrogen-bond donors (Lipinski definition) is 2. The van der Waals surface area contributed by atoms with Gasteiger partial charge in [0.05, 0.1) is 5.41 Å². The van der Waals surface area contributed by atoms with Crippen molar-refractivity contribution in [3.63, 3.8) is 0 Å². The fraction of sp³-hybridized carbons (Fsp3) is 0.944. The third kappa shape index (κ3) is 3.80. The van der Waals surface area contributed by atoms with E-state index in [-0.39, 0.29) is 10.8 Å². The van der Waals surface area contributed by atoms with Gasteiger partial charge >= 0.3 is 0 Å². The Bertz CT molecular complexity index is 353. The fourth-order valence-electron chi connectivity index (χ4n) is 4.31. The molecule has 2 atom stereocenters. The van der Waals surface area contributed by atoms with Gasteiger partial charge in [-0.25, -0.2) is 0 Å². The molecular formula is C18H34N2O. The third-order valence-electron chi connectivity index (χ3n) is 5.91. The molecule has 0 aromatic rings. The molecular weight excluding hydrogens is 260 g/mol. The standard InChI is InChI=1S/C18H34N2O/c1-5-18(10-12-19-13-11-18)16(21)20-15-9-7-6-8-14(15)17(2,3)4/h14-15,19H,5-13H2,1-4H3,(H,20,21). The Kier molecular flexibility index (Phi) is 5.34. The highest BCUT2D eigenvalue weighted by Crippen LogP contribution is 2.39. The van der Waals surface area contributed by atoms with E-state index in [0.29, 0.717) is 17.9 Å². The number of carbonyl (C=O) groups excluding carboxylic acids is 1. The highest BCUT2D eigenvalue weighted by Gasteiger charge is 2.41. The normalized spacial score (nSPS) is 29.9. The second-order valence-corrected chi connectivity index (χ2v) is 8.22. The van der Waals surface area contributed by atoms with Crippen LogP contribution < -0.4 is 10.6 Å². The molecule has 0 spiro atoms. The maximum atomic E-state index is 13.0. The second kappa shape index (κ2) is 6.68. The third-order valence-corrected chi connectivity index (χ3v) is 5.91. The van der Waals surface area contributed by atoms with Crippen molar-refractivity contribution in [2.24, 2.45) is 16.7 Å². The van der Waals surface area contributed by atoms with Crippen molar-refractivity contribution >= 4 is 5.91 Å². The van der Waals surface area contributed by atoms with Gasteiger partial charge in [-0.3, -0.25) is 4.79 Å². The van der Waals surface area contributed by atoms with Gasteiger partial charge in [-0.05, 0) is 56.5 Å². The molecule has 1 amide bonds. The SMILES string of the molecule is CCC1(C(=O)NC2CCCCC2C(C)(C)C)CCNCC1. The number of rotatable bonds is 3. The predicted molar refractivity (Wildman–Crippen MR) is 88.2 cm³/mol. The average Bonchev–Trinajstić information content (AvgIpc) is 2.47. The molecule has 0 radical (unpaired) electrons. The van der Waals surface area contributed by atoms with Crippen LogP contribution in [0.3, 0.4) is 0 Å². The van der Waals surface area contributed by atoms with Gasteiger partial charge in [0.15, 0.2) is 0 Å². The Labute approximate surface area is 130 Å². The van der Waals surface area contributed by atoms with E-state index in [1.807, 2.05) is 0 Å². The zero-order valence-electron chi connectivity index (χ0n) is 14.4. The molecule has 1 heterocycles. The van der Waals surface area contributed by atoms with E-state index in [1.54, 1.807) is 0 Å². The summed E-state index contributed by atoms with van der Waals surface area (Å²) in [6.45, 7) is 11.1. The minimum absolute atomic E-state index is 0.120. The molecule has 1 saturated heterocycles. The van der Waals surface area contributed by atoms with Crippen molar-refractivity contribution in [1.82, 2.24) is 10.6 Å². The summed E-state index contributed by atoms with van der Waals surface area (Å²) in [5, 5.41) is 6.86. The Morgan fingerprint density at radius 1 is 1.19 bits per heavy atom. The first-order valence-corrected chi connectivity index (χ1v) is 8.91. The molecule has 21 heavy (non-hydrogen) atoms. The van der Waals surface area contributed by atoms with Gasteiger partial charge in [-0.15, -0.1) is 0 Å². The number of hydrogen-bond acceptors (Lipinski definition) is 2. The summed E-state index contributed by atoms with van der Waals surface area (Å²) >= 11 is 0. The van der Waals surface area contributed by atoms with E-state index in [1.165, 1.54) is 19.3 Å². The molecule has 2 fully saturated rings. The number of nitrogens with one attached hydrogen (secondary N) is 2. The second-order valence-electron chi connectivity index (χ2n) is 8.22. The van der Waals surface area contributed by atoms with Crippen LogP contribution in [0.1, 0.15) is 72.6 Å². The molecule has 122 valence electrons. The maximum absolute atomic E-state index is 13.0. The number of piperidine rings is 1. The average molecular weight is 294 g/mol. The van der Waals surface area contributed by atoms with Crippen molar-refractivity contribution in [1.29, 1.82) is 0 Å². The van der Waals surface area contributed by atoms with Crippen LogP contribution in [0.25, 0.3) is 0 Å². The molecule has 0 bridgehead atoms. The molecule has 1 saturated carbocycles. The first kappa shape index (κ1) is 16.8. The Morgan fingerprint density at radius 3 is 2.38 bits per heavy atom. The van der Waals surface area contributed by atoms with Crippen LogP contribution in [0.2, 0.25) is 0 Å². The van der Waals surface area contributed by atoms with E-state index < -0.39 is 0 Å². The molecule has 0 aromatic carbocycles. The van der Waals surface area contributed by atoms with E-state index in [2.05, 4.69) is 38.3 Å². The monoisotopic (exact) mass is 294 g/mol. The van der Waals surface area contributed by atoms with Crippen molar-refractivity contribution in [2.45, 2.75) is 78.7 Å². The Morgan fingerprint density at radius 2 is 1.81 bits per heavy atom. The zero-order chi connectivity index (χ0) is 15.5. The van der Waals surface area contributed by atoms with E-state index in [4.69, 9.17) is 0 Å². The Hall–Kier alpha value is -0.570. The fourth-order valence-corrected chi connectivity index (χ4v) is 4.31. The summed E-state index contributed by atoms with van der Waals surface area (Å²) in [5.41, 5.74) is 0.164.